The van der Waals surface area contributed by atoms with E-state index in [1.807, 2.05) is 54.6 Å². The van der Waals surface area contributed by atoms with E-state index in [2.05, 4.69) is 18.7 Å². The van der Waals surface area contributed by atoms with Gasteiger partial charge in [0, 0.05) is 22.5 Å². The first-order chi connectivity index (χ1) is 14.1. The van der Waals surface area contributed by atoms with Crippen LogP contribution in [0.25, 0.3) is 22.2 Å². The molecule has 0 aliphatic carbocycles. The lowest BCUT2D eigenvalue weighted by Gasteiger charge is -2.26. The van der Waals surface area contributed by atoms with Crippen molar-refractivity contribution in [3.63, 3.8) is 0 Å². The van der Waals surface area contributed by atoms with Crippen LogP contribution in [0.1, 0.15) is 51.2 Å². The molecule has 3 aromatic rings. The molecule has 29 heavy (non-hydrogen) atoms. The largest absolute Gasteiger partial charge is 0.387 e. The van der Waals surface area contributed by atoms with Crippen LogP contribution in [0.5, 0.6) is 0 Å². The molecule has 1 atom stereocenters. The van der Waals surface area contributed by atoms with Crippen molar-refractivity contribution in [1.82, 2.24) is 9.88 Å². The van der Waals surface area contributed by atoms with Crippen molar-refractivity contribution < 1.29 is 5.11 Å². The smallest absolute Gasteiger partial charge is 0.0924 e. The summed E-state index contributed by atoms with van der Waals surface area (Å²) in [7, 11) is 0. The molecular formula is C25H31ClN2O. The predicted molar refractivity (Wildman–Crippen MR) is 123 cm³/mol. The average Bonchev–Trinajstić information content (AvgIpc) is 2.75. The quantitative estimate of drug-likeness (QED) is 0.415. The van der Waals surface area contributed by atoms with Gasteiger partial charge in [-0.1, -0.05) is 74.7 Å². The van der Waals surface area contributed by atoms with E-state index in [1.165, 1.54) is 0 Å². The van der Waals surface area contributed by atoms with Crippen molar-refractivity contribution in [2.45, 2.75) is 45.6 Å². The Kier molecular flexibility index (Phi) is 8.05. The monoisotopic (exact) mass is 410 g/mol. The minimum atomic E-state index is -0.571. The van der Waals surface area contributed by atoms with E-state index in [1.54, 1.807) is 0 Å². The van der Waals surface area contributed by atoms with Crippen molar-refractivity contribution >= 4 is 22.5 Å². The summed E-state index contributed by atoms with van der Waals surface area (Å²) in [6.45, 7) is 7.10. The number of hydrogen-bond acceptors (Lipinski definition) is 3. The Labute approximate surface area is 179 Å². The summed E-state index contributed by atoms with van der Waals surface area (Å²) < 4.78 is 0. The van der Waals surface area contributed by atoms with Crippen LogP contribution in [-0.2, 0) is 0 Å². The molecule has 3 nitrogen and oxygen atoms in total. The van der Waals surface area contributed by atoms with E-state index in [9.17, 15) is 5.11 Å². The number of halogens is 1. The Morgan fingerprint density at radius 3 is 2.31 bits per heavy atom. The predicted octanol–water partition coefficient (Wildman–Crippen LogP) is 6.49. The summed E-state index contributed by atoms with van der Waals surface area (Å²) >= 11 is 6.24. The standard InChI is InChI=1S/C25H31ClN2O/c1-3-5-14-28(15-6-4-2)18-25(29)22-17-23(19-10-8-7-9-11-19)27-24-16-20(26)12-13-21(22)24/h7-13,16-17,25,29H,3-6,14-15,18H2,1-2H3/t25-/m0/s1. The van der Waals surface area contributed by atoms with Gasteiger partial charge in [-0.05, 0) is 49.7 Å². The Morgan fingerprint density at radius 1 is 0.966 bits per heavy atom. The first-order valence-corrected chi connectivity index (χ1v) is 11.1. The number of pyridine rings is 1. The molecule has 0 fully saturated rings. The van der Waals surface area contributed by atoms with Crippen LogP contribution in [0.2, 0.25) is 5.02 Å². The first-order valence-electron chi connectivity index (χ1n) is 10.7. The van der Waals surface area contributed by atoms with Crippen molar-refractivity contribution in [3.8, 4) is 11.3 Å². The lowest BCUT2D eigenvalue weighted by atomic mass is 9.99. The number of unbranched alkanes of at least 4 members (excludes halogenated alkanes) is 2. The zero-order valence-electron chi connectivity index (χ0n) is 17.4. The molecule has 0 unspecified atom stereocenters. The van der Waals surface area contributed by atoms with Crippen molar-refractivity contribution in [2.24, 2.45) is 0 Å². The van der Waals surface area contributed by atoms with Crippen LogP contribution in [0.3, 0.4) is 0 Å². The van der Waals surface area contributed by atoms with Crippen LogP contribution in [0, 0.1) is 0 Å². The van der Waals surface area contributed by atoms with Gasteiger partial charge in [0.2, 0.25) is 0 Å². The maximum Gasteiger partial charge on any atom is 0.0924 e. The molecule has 1 aromatic heterocycles. The molecule has 3 rings (SSSR count). The molecule has 0 amide bonds. The van der Waals surface area contributed by atoms with Crippen molar-refractivity contribution in [3.05, 3.63) is 65.2 Å². The summed E-state index contributed by atoms with van der Waals surface area (Å²) in [6.07, 6.45) is 4.05. The third-order valence-corrected chi connectivity index (χ3v) is 5.55. The zero-order valence-corrected chi connectivity index (χ0v) is 18.2. The van der Waals surface area contributed by atoms with Gasteiger partial charge in [-0.3, -0.25) is 0 Å². The van der Waals surface area contributed by atoms with E-state index in [0.717, 1.165) is 66.5 Å². The second-order valence-corrected chi connectivity index (χ2v) is 8.08. The minimum Gasteiger partial charge on any atom is -0.387 e. The molecule has 4 heteroatoms. The highest BCUT2D eigenvalue weighted by molar-refractivity contribution is 6.31. The van der Waals surface area contributed by atoms with Gasteiger partial charge in [-0.2, -0.15) is 0 Å². The summed E-state index contributed by atoms with van der Waals surface area (Å²) in [5.41, 5.74) is 3.64. The number of fused-ring (bicyclic) bond motifs is 1. The van der Waals surface area contributed by atoms with Gasteiger partial charge in [-0.25, -0.2) is 4.98 Å². The number of hydrogen-bond donors (Lipinski definition) is 1. The third kappa shape index (κ3) is 5.79. The first kappa shape index (κ1) is 21.8. The lowest BCUT2D eigenvalue weighted by Crippen LogP contribution is -2.31. The van der Waals surface area contributed by atoms with E-state index >= 15 is 0 Å². The average molecular weight is 411 g/mol. The van der Waals surface area contributed by atoms with Gasteiger partial charge in [0.05, 0.1) is 17.3 Å². The van der Waals surface area contributed by atoms with Crippen LogP contribution in [0.4, 0.5) is 0 Å². The number of aliphatic hydroxyl groups excluding tert-OH is 1. The van der Waals surface area contributed by atoms with Gasteiger partial charge in [0.15, 0.2) is 0 Å². The molecule has 0 saturated carbocycles. The van der Waals surface area contributed by atoms with Crippen LogP contribution >= 0.6 is 11.6 Å². The molecule has 0 aliphatic heterocycles. The second kappa shape index (κ2) is 10.7. The number of nitrogens with zero attached hydrogens (tertiary/aromatic N) is 2. The van der Waals surface area contributed by atoms with Gasteiger partial charge in [0.25, 0.3) is 0 Å². The molecule has 0 radical (unpaired) electrons. The third-order valence-electron chi connectivity index (χ3n) is 5.32. The van der Waals surface area contributed by atoms with Crippen molar-refractivity contribution in [1.29, 1.82) is 0 Å². The molecule has 154 valence electrons. The Morgan fingerprint density at radius 2 is 1.66 bits per heavy atom. The maximum atomic E-state index is 11.2. The molecular weight excluding hydrogens is 380 g/mol. The Hall–Kier alpha value is -1.94. The van der Waals surface area contributed by atoms with Crippen LogP contribution in [-0.4, -0.2) is 34.6 Å². The Balaban J connectivity index is 1.97. The molecule has 2 aromatic carbocycles. The minimum absolute atomic E-state index is 0.571. The highest BCUT2D eigenvalue weighted by Gasteiger charge is 2.18. The normalized spacial score (nSPS) is 12.6. The summed E-state index contributed by atoms with van der Waals surface area (Å²) in [5.74, 6) is 0. The van der Waals surface area contributed by atoms with E-state index in [0.29, 0.717) is 11.6 Å². The topological polar surface area (TPSA) is 36.4 Å². The number of benzene rings is 2. The number of rotatable bonds is 10. The van der Waals surface area contributed by atoms with Crippen LogP contribution in [0.15, 0.2) is 54.6 Å². The van der Waals surface area contributed by atoms with Gasteiger partial charge < -0.3 is 10.0 Å². The summed E-state index contributed by atoms with van der Waals surface area (Å²) in [5, 5.41) is 12.8. The van der Waals surface area contributed by atoms with Gasteiger partial charge >= 0.3 is 0 Å². The summed E-state index contributed by atoms with van der Waals surface area (Å²) in [6, 6.07) is 17.9. The fourth-order valence-corrected chi connectivity index (χ4v) is 3.83. The number of aromatic nitrogens is 1. The second-order valence-electron chi connectivity index (χ2n) is 7.65. The molecule has 0 saturated heterocycles. The molecule has 1 N–H and O–H groups in total. The lowest BCUT2D eigenvalue weighted by molar-refractivity contribution is 0.112. The molecule has 0 spiro atoms. The number of aliphatic hydroxyl groups is 1. The van der Waals surface area contributed by atoms with Crippen LogP contribution < -0.4 is 0 Å². The molecule has 0 bridgehead atoms. The highest BCUT2D eigenvalue weighted by Crippen LogP contribution is 2.30. The van der Waals surface area contributed by atoms with E-state index in [4.69, 9.17) is 16.6 Å². The summed E-state index contributed by atoms with van der Waals surface area (Å²) in [4.78, 5) is 7.21. The maximum absolute atomic E-state index is 11.2. The molecule has 1 heterocycles. The van der Waals surface area contributed by atoms with Crippen molar-refractivity contribution in [2.75, 3.05) is 19.6 Å². The van der Waals surface area contributed by atoms with Gasteiger partial charge in [0.1, 0.15) is 0 Å². The Bertz CT molecular complexity index is 905. The van der Waals surface area contributed by atoms with E-state index < -0.39 is 6.10 Å². The zero-order chi connectivity index (χ0) is 20.6. The molecule has 0 aliphatic rings. The fourth-order valence-electron chi connectivity index (χ4n) is 3.66. The van der Waals surface area contributed by atoms with E-state index in [-0.39, 0.29) is 0 Å². The van der Waals surface area contributed by atoms with Gasteiger partial charge in [-0.15, -0.1) is 0 Å². The highest BCUT2D eigenvalue weighted by atomic mass is 35.5. The fraction of sp³-hybridized carbons (Fsp3) is 0.400. The SMILES string of the molecule is CCCCN(CCCC)C[C@H](O)c1cc(-c2ccccc2)nc2cc(Cl)ccc12.